The van der Waals surface area contributed by atoms with Gasteiger partial charge < -0.3 is 5.32 Å². The molecule has 0 radical (unpaired) electrons. The van der Waals surface area contributed by atoms with Gasteiger partial charge in [0.05, 0.1) is 0 Å². The van der Waals surface area contributed by atoms with Gasteiger partial charge >= 0.3 is 0 Å². The van der Waals surface area contributed by atoms with Crippen molar-refractivity contribution in [1.82, 2.24) is 5.32 Å². The van der Waals surface area contributed by atoms with Gasteiger partial charge in [-0.25, -0.2) is 4.39 Å². The van der Waals surface area contributed by atoms with Crippen molar-refractivity contribution in [1.29, 1.82) is 0 Å². The molecular formula is C16H24FN. The molecule has 0 bridgehead atoms. The highest BCUT2D eigenvalue weighted by atomic mass is 19.1. The van der Waals surface area contributed by atoms with E-state index in [2.05, 4.69) is 12.2 Å². The number of hydrogen-bond acceptors (Lipinski definition) is 1. The first kappa shape index (κ1) is 13.5. The molecule has 0 spiro atoms. The van der Waals surface area contributed by atoms with E-state index in [1.807, 2.05) is 13.0 Å². The molecule has 0 heterocycles. The molecule has 1 saturated carbocycles. The van der Waals surface area contributed by atoms with E-state index in [0.29, 0.717) is 6.04 Å². The van der Waals surface area contributed by atoms with E-state index >= 15 is 0 Å². The van der Waals surface area contributed by atoms with Crippen LogP contribution in [0.4, 0.5) is 4.39 Å². The Morgan fingerprint density at radius 3 is 2.78 bits per heavy atom. The lowest BCUT2D eigenvalue weighted by Gasteiger charge is -2.29. The second-order valence-corrected chi connectivity index (χ2v) is 5.64. The molecule has 1 aromatic rings. The second-order valence-electron chi connectivity index (χ2n) is 5.64. The maximum absolute atomic E-state index is 13.0. The molecule has 2 rings (SSSR count). The van der Waals surface area contributed by atoms with Gasteiger partial charge in [-0.05, 0) is 61.9 Å². The summed E-state index contributed by atoms with van der Waals surface area (Å²) in [6.07, 6.45) is 6.40. The van der Waals surface area contributed by atoms with Crippen molar-refractivity contribution >= 4 is 0 Å². The fourth-order valence-corrected chi connectivity index (χ4v) is 2.95. The van der Waals surface area contributed by atoms with Crippen LogP contribution in [0.3, 0.4) is 0 Å². The van der Waals surface area contributed by atoms with Gasteiger partial charge in [-0.15, -0.1) is 0 Å². The van der Waals surface area contributed by atoms with E-state index in [0.717, 1.165) is 24.4 Å². The van der Waals surface area contributed by atoms with Crippen molar-refractivity contribution in [2.75, 3.05) is 6.54 Å². The quantitative estimate of drug-likeness (QED) is 0.854. The lowest BCUT2D eigenvalue weighted by molar-refractivity contribution is 0.282. The van der Waals surface area contributed by atoms with Crippen molar-refractivity contribution in [3.8, 4) is 0 Å². The largest absolute Gasteiger partial charge is 0.313 e. The molecule has 1 fully saturated rings. The summed E-state index contributed by atoms with van der Waals surface area (Å²) in [7, 11) is 0. The maximum atomic E-state index is 13.0. The Hall–Kier alpha value is -0.890. The number of hydrogen-bond donors (Lipinski definition) is 1. The monoisotopic (exact) mass is 249 g/mol. The number of aryl methyl sites for hydroxylation is 1. The van der Waals surface area contributed by atoms with Crippen LogP contribution in [0.5, 0.6) is 0 Å². The summed E-state index contributed by atoms with van der Waals surface area (Å²) in [5, 5.41) is 3.67. The van der Waals surface area contributed by atoms with Crippen molar-refractivity contribution in [2.24, 2.45) is 5.92 Å². The number of benzene rings is 1. The highest BCUT2D eigenvalue weighted by Gasteiger charge is 2.20. The Morgan fingerprint density at radius 2 is 2.06 bits per heavy atom. The zero-order valence-corrected chi connectivity index (χ0v) is 11.5. The Balaban J connectivity index is 1.81. The molecule has 1 aromatic carbocycles. The summed E-state index contributed by atoms with van der Waals surface area (Å²) in [6.45, 7) is 5.34. The van der Waals surface area contributed by atoms with Gasteiger partial charge in [0, 0.05) is 6.04 Å². The summed E-state index contributed by atoms with van der Waals surface area (Å²) in [5.74, 6) is 0.665. The van der Waals surface area contributed by atoms with Crippen molar-refractivity contribution in [3.05, 3.63) is 35.1 Å². The minimum atomic E-state index is -0.134. The van der Waals surface area contributed by atoms with E-state index in [9.17, 15) is 4.39 Å². The maximum Gasteiger partial charge on any atom is 0.123 e. The Labute approximate surface area is 110 Å². The summed E-state index contributed by atoms with van der Waals surface area (Å²) >= 11 is 0. The molecule has 18 heavy (non-hydrogen) atoms. The Bertz CT molecular complexity index is 389. The summed E-state index contributed by atoms with van der Waals surface area (Å²) in [5.41, 5.74) is 2.32. The van der Waals surface area contributed by atoms with E-state index in [4.69, 9.17) is 0 Å². The highest BCUT2D eigenvalue weighted by Crippen LogP contribution is 2.23. The Morgan fingerprint density at radius 1 is 1.28 bits per heavy atom. The third-order valence-electron chi connectivity index (χ3n) is 4.22. The van der Waals surface area contributed by atoms with Gasteiger partial charge in [0.2, 0.25) is 0 Å². The molecule has 2 atom stereocenters. The van der Waals surface area contributed by atoms with Gasteiger partial charge in [0.1, 0.15) is 5.82 Å². The molecule has 2 heteroatoms. The predicted octanol–water partition coefficient (Wildman–Crippen LogP) is 3.84. The summed E-state index contributed by atoms with van der Waals surface area (Å²) in [6, 6.07) is 5.78. The fourth-order valence-electron chi connectivity index (χ4n) is 2.95. The SMILES string of the molecule is Cc1cc(F)ccc1CCNC1CCCCC1C. The third kappa shape index (κ3) is 3.55. The lowest BCUT2D eigenvalue weighted by Crippen LogP contribution is -2.38. The van der Waals surface area contributed by atoms with Gasteiger partial charge in [0.25, 0.3) is 0 Å². The molecule has 0 aliphatic heterocycles. The van der Waals surface area contributed by atoms with Gasteiger partial charge in [-0.2, -0.15) is 0 Å². The molecule has 100 valence electrons. The molecule has 2 unspecified atom stereocenters. The first-order chi connectivity index (χ1) is 8.66. The average molecular weight is 249 g/mol. The van der Waals surface area contributed by atoms with E-state index in [1.54, 1.807) is 12.1 Å². The molecule has 1 N–H and O–H groups in total. The number of halogens is 1. The van der Waals surface area contributed by atoms with E-state index < -0.39 is 0 Å². The van der Waals surface area contributed by atoms with Crippen molar-refractivity contribution < 1.29 is 4.39 Å². The predicted molar refractivity (Wildman–Crippen MR) is 74.3 cm³/mol. The zero-order valence-electron chi connectivity index (χ0n) is 11.5. The molecule has 1 aliphatic carbocycles. The Kier molecular flexibility index (Phi) is 4.76. The fraction of sp³-hybridized carbons (Fsp3) is 0.625. The molecule has 0 saturated heterocycles. The first-order valence-corrected chi connectivity index (χ1v) is 7.15. The van der Waals surface area contributed by atoms with Crippen LogP contribution in [0, 0.1) is 18.7 Å². The van der Waals surface area contributed by atoms with Crippen LogP contribution in [-0.2, 0) is 6.42 Å². The van der Waals surface area contributed by atoms with Crippen molar-refractivity contribution in [2.45, 2.75) is 52.0 Å². The standard InChI is InChI=1S/C16H24FN/c1-12-5-3-4-6-16(12)18-10-9-14-7-8-15(17)11-13(14)2/h7-8,11-12,16,18H,3-6,9-10H2,1-2H3. The smallest absolute Gasteiger partial charge is 0.123 e. The number of rotatable bonds is 4. The van der Waals surface area contributed by atoms with Crippen LogP contribution in [0.2, 0.25) is 0 Å². The third-order valence-corrected chi connectivity index (χ3v) is 4.22. The van der Waals surface area contributed by atoms with Crippen LogP contribution in [0.25, 0.3) is 0 Å². The van der Waals surface area contributed by atoms with Crippen LogP contribution in [-0.4, -0.2) is 12.6 Å². The van der Waals surface area contributed by atoms with Crippen LogP contribution in [0.15, 0.2) is 18.2 Å². The second kappa shape index (κ2) is 6.33. The normalized spacial score (nSPS) is 24.2. The summed E-state index contributed by atoms with van der Waals surface area (Å²) < 4.78 is 13.0. The van der Waals surface area contributed by atoms with Gasteiger partial charge in [-0.1, -0.05) is 25.8 Å². The molecular weight excluding hydrogens is 225 g/mol. The van der Waals surface area contributed by atoms with Crippen LogP contribution in [0.1, 0.15) is 43.7 Å². The topological polar surface area (TPSA) is 12.0 Å². The van der Waals surface area contributed by atoms with Gasteiger partial charge in [-0.3, -0.25) is 0 Å². The van der Waals surface area contributed by atoms with E-state index in [-0.39, 0.29) is 5.82 Å². The molecule has 0 amide bonds. The van der Waals surface area contributed by atoms with E-state index in [1.165, 1.54) is 31.2 Å². The highest BCUT2D eigenvalue weighted by molar-refractivity contribution is 5.26. The molecule has 1 nitrogen and oxygen atoms in total. The minimum Gasteiger partial charge on any atom is -0.313 e. The van der Waals surface area contributed by atoms with Crippen molar-refractivity contribution in [3.63, 3.8) is 0 Å². The van der Waals surface area contributed by atoms with Crippen LogP contribution >= 0.6 is 0 Å². The number of nitrogens with one attached hydrogen (secondary N) is 1. The average Bonchev–Trinajstić information content (AvgIpc) is 2.34. The van der Waals surface area contributed by atoms with Crippen LogP contribution < -0.4 is 5.32 Å². The molecule has 1 aliphatic rings. The first-order valence-electron chi connectivity index (χ1n) is 7.15. The zero-order chi connectivity index (χ0) is 13.0. The van der Waals surface area contributed by atoms with Gasteiger partial charge in [0.15, 0.2) is 0 Å². The summed E-state index contributed by atoms with van der Waals surface area (Å²) in [4.78, 5) is 0. The molecule has 0 aromatic heterocycles. The lowest BCUT2D eigenvalue weighted by atomic mass is 9.86. The minimum absolute atomic E-state index is 0.134.